The summed E-state index contributed by atoms with van der Waals surface area (Å²) in [6.07, 6.45) is 3.78. The van der Waals surface area contributed by atoms with Crippen molar-refractivity contribution < 1.29 is 4.74 Å². The van der Waals surface area contributed by atoms with Gasteiger partial charge < -0.3 is 4.74 Å². The Hall–Kier alpha value is -1.39. The number of rotatable bonds is 5. The molecule has 0 bridgehead atoms. The van der Waals surface area contributed by atoms with Gasteiger partial charge in [-0.1, -0.05) is 5.11 Å². The Labute approximate surface area is 119 Å². The third kappa shape index (κ3) is 5.31. The van der Waals surface area contributed by atoms with Crippen molar-refractivity contribution in [2.75, 3.05) is 39.4 Å². The number of aliphatic imine (C=N–C) groups is 2. The van der Waals surface area contributed by atoms with Crippen LogP contribution in [0.2, 0.25) is 0 Å². The van der Waals surface area contributed by atoms with Crippen LogP contribution in [0.5, 0.6) is 0 Å². The average Bonchev–Trinajstić information content (AvgIpc) is 2.50. The van der Waals surface area contributed by atoms with E-state index in [4.69, 9.17) is 10.3 Å². The predicted octanol–water partition coefficient (Wildman–Crippen LogP) is 2.11. The van der Waals surface area contributed by atoms with Gasteiger partial charge in [-0.15, -0.1) is 0 Å². The molecule has 1 saturated heterocycles. The van der Waals surface area contributed by atoms with Crippen LogP contribution in [0.4, 0.5) is 0 Å². The standard InChI is InChI=1S/C13H22N6O/c14-18-17-13-3-1-12(2-4-13)16-11-15-5-6-19-7-9-20-10-8-19/h12-13H,1-10H2. The van der Waals surface area contributed by atoms with E-state index < -0.39 is 0 Å². The summed E-state index contributed by atoms with van der Waals surface area (Å²) in [6, 6.07) is 3.29. The smallest absolute Gasteiger partial charge is 0.0895 e. The molecule has 7 nitrogen and oxygen atoms in total. The van der Waals surface area contributed by atoms with Crippen molar-refractivity contribution in [2.45, 2.75) is 37.8 Å². The molecule has 2 aliphatic rings. The lowest BCUT2D eigenvalue weighted by atomic mass is 9.92. The van der Waals surface area contributed by atoms with Crippen molar-refractivity contribution >= 4 is 6.01 Å². The van der Waals surface area contributed by atoms with E-state index in [-0.39, 0.29) is 6.04 Å². The highest BCUT2D eigenvalue weighted by atomic mass is 16.5. The fraction of sp³-hybridized carbons (Fsp3) is 0.923. The van der Waals surface area contributed by atoms with Gasteiger partial charge in [-0.3, -0.25) is 4.90 Å². The molecule has 0 aromatic carbocycles. The maximum Gasteiger partial charge on any atom is 0.0895 e. The molecule has 0 N–H and O–H groups in total. The summed E-state index contributed by atoms with van der Waals surface area (Å²) in [6.45, 7) is 5.34. The molecule has 0 atom stereocenters. The minimum absolute atomic E-state index is 0.157. The molecule has 2 rings (SSSR count). The van der Waals surface area contributed by atoms with Gasteiger partial charge in [0.25, 0.3) is 0 Å². The first-order valence-electron chi connectivity index (χ1n) is 7.34. The minimum atomic E-state index is 0.157. The average molecular weight is 278 g/mol. The van der Waals surface area contributed by atoms with E-state index in [1.165, 1.54) is 0 Å². The summed E-state index contributed by atoms with van der Waals surface area (Å²) in [7, 11) is 0. The Morgan fingerprint density at radius 3 is 2.55 bits per heavy atom. The van der Waals surface area contributed by atoms with Crippen molar-refractivity contribution in [1.82, 2.24) is 4.90 Å². The highest BCUT2D eigenvalue weighted by Gasteiger charge is 2.19. The summed E-state index contributed by atoms with van der Waals surface area (Å²) in [5.41, 5.74) is 8.39. The molecule has 1 heterocycles. The zero-order valence-electron chi connectivity index (χ0n) is 11.8. The molecule has 2 fully saturated rings. The van der Waals surface area contributed by atoms with E-state index >= 15 is 0 Å². The third-order valence-electron chi connectivity index (χ3n) is 3.82. The first-order valence-corrected chi connectivity index (χ1v) is 7.34. The highest BCUT2D eigenvalue weighted by molar-refractivity contribution is 5.41. The van der Waals surface area contributed by atoms with Gasteiger partial charge in [0.1, 0.15) is 0 Å². The third-order valence-corrected chi connectivity index (χ3v) is 3.82. The van der Waals surface area contributed by atoms with Crippen molar-refractivity contribution in [3.05, 3.63) is 10.4 Å². The van der Waals surface area contributed by atoms with Crippen LogP contribution in [0.25, 0.3) is 10.4 Å². The number of hydrogen-bond donors (Lipinski definition) is 0. The van der Waals surface area contributed by atoms with Gasteiger partial charge in [0.15, 0.2) is 0 Å². The van der Waals surface area contributed by atoms with E-state index in [2.05, 4.69) is 30.9 Å². The normalized spacial score (nSPS) is 27.2. The second-order valence-corrected chi connectivity index (χ2v) is 5.23. The quantitative estimate of drug-likeness (QED) is 0.334. The highest BCUT2D eigenvalue weighted by Crippen LogP contribution is 2.23. The van der Waals surface area contributed by atoms with E-state index in [1.807, 2.05) is 0 Å². The van der Waals surface area contributed by atoms with Crippen LogP contribution >= 0.6 is 0 Å². The zero-order chi connectivity index (χ0) is 14.0. The van der Waals surface area contributed by atoms with Crippen LogP contribution in [-0.4, -0.2) is 62.4 Å². The van der Waals surface area contributed by atoms with Crippen LogP contribution in [-0.2, 0) is 4.74 Å². The van der Waals surface area contributed by atoms with Crippen LogP contribution in [0.1, 0.15) is 25.7 Å². The van der Waals surface area contributed by atoms with Crippen LogP contribution in [0.3, 0.4) is 0 Å². The van der Waals surface area contributed by atoms with Gasteiger partial charge in [-0.05, 0) is 31.2 Å². The molecule has 110 valence electrons. The molecule has 7 heteroatoms. The van der Waals surface area contributed by atoms with Crippen molar-refractivity contribution in [1.29, 1.82) is 0 Å². The zero-order valence-corrected chi connectivity index (χ0v) is 11.8. The Kier molecular flexibility index (Phi) is 6.54. The Morgan fingerprint density at radius 2 is 1.85 bits per heavy atom. The molecule has 1 saturated carbocycles. The van der Waals surface area contributed by atoms with Crippen LogP contribution in [0, 0.1) is 0 Å². The van der Waals surface area contributed by atoms with Crippen molar-refractivity contribution in [2.24, 2.45) is 15.1 Å². The summed E-state index contributed by atoms with van der Waals surface area (Å²) in [4.78, 5) is 13.8. The van der Waals surface area contributed by atoms with Gasteiger partial charge in [0.05, 0.1) is 31.8 Å². The molecule has 0 unspecified atom stereocenters. The first kappa shape index (κ1) is 15.0. The first-order chi connectivity index (χ1) is 9.88. The lowest BCUT2D eigenvalue weighted by molar-refractivity contribution is 0.0395. The monoisotopic (exact) mass is 278 g/mol. The minimum Gasteiger partial charge on any atom is -0.379 e. The van der Waals surface area contributed by atoms with E-state index in [0.29, 0.717) is 6.04 Å². The van der Waals surface area contributed by atoms with E-state index in [0.717, 1.165) is 65.1 Å². The van der Waals surface area contributed by atoms with Crippen molar-refractivity contribution in [3.8, 4) is 0 Å². The topological polar surface area (TPSA) is 86.0 Å². The summed E-state index contributed by atoms with van der Waals surface area (Å²) in [5.74, 6) is 0. The van der Waals surface area contributed by atoms with Crippen LogP contribution < -0.4 is 0 Å². The number of ether oxygens (including phenoxy) is 1. The summed E-state index contributed by atoms with van der Waals surface area (Å²) < 4.78 is 5.30. The molecule has 0 aromatic rings. The SMILES string of the molecule is [N-]=[N+]=NC1CCC(N=C=NCCN2CCOCC2)CC1. The molecule has 1 aliphatic carbocycles. The van der Waals surface area contributed by atoms with Gasteiger partial charge in [0.2, 0.25) is 0 Å². The molecule has 0 spiro atoms. The number of hydrogen-bond acceptors (Lipinski definition) is 5. The number of nitrogens with zero attached hydrogens (tertiary/aromatic N) is 6. The Bertz CT molecular complexity index is 386. The summed E-state index contributed by atoms with van der Waals surface area (Å²) in [5, 5.41) is 3.76. The van der Waals surface area contributed by atoms with Gasteiger partial charge in [0, 0.05) is 30.6 Å². The maximum absolute atomic E-state index is 8.39. The second-order valence-electron chi connectivity index (χ2n) is 5.23. The van der Waals surface area contributed by atoms with E-state index in [1.54, 1.807) is 0 Å². The fourth-order valence-electron chi connectivity index (χ4n) is 2.56. The fourth-order valence-corrected chi connectivity index (χ4v) is 2.56. The Balaban J connectivity index is 1.62. The summed E-state index contributed by atoms with van der Waals surface area (Å²) >= 11 is 0. The van der Waals surface area contributed by atoms with E-state index in [9.17, 15) is 0 Å². The predicted molar refractivity (Wildman–Crippen MR) is 77.2 cm³/mol. The van der Waals surface area contributed by atoms with Crippen molar-refractivity contribution in [3.63, 3.8) is 0 Å². The number of morpholine rings is 1. The largest absolute Gasteiger partial charge is 0.379 e. The van der Waals surface area contributed by atoms with Crippen LogP contribution in [0.15, 0.2) is 15.1 Å². The van der Waals surface area contributed by atoms with Gasteiger partial charge >= 0.3 is 0 Å². The molecular weight excluding hydrogens is 256 g/mol. The molecule has 0 aromatic heterocycles. The van der Waals surface area contributed by atoms with Gasteiger partial charge in [-0.25, -0.2) is 9.98 Å². The Morgan fingerprint density at radius 1 is 1.15 bits per heavy atom. The number of azide groups is 1. The molecule has 20 heavy (non-hydrogen) atoms. The second kappa shape index (κ2) is 8.72. The molecule has 0 radical (unpaired) electrons. The molecular formula is C13H22N6O. The van der Waals surface area contributed by atoms with Gasteiger partial charge in [-0.2, -0.15) is 0 Å². The molecule has 0 amide bonds. The lowest BCUT2D eigenvalue weighted by Gasteiger charge is -2.25. The maximum atomic E-state index is 8.39. The molecule has 1 aliphatic heterocycles. The lowest BCUT2D eigenvalue weighted by Crippen LogP contribution is -2.37.